The van der Waals surface area contributed by atoms with Crippen molar-refractivity contribution < 1.29 is 0 Å². The molecule has 0 bridgehead atoms. The molecule has 0 radical (unpaired) electrons. The molecular weight excluding hydrogens is 320 g/mol. The zero-order valence-electron chi connectivity index (χ0n) is 17.1. The van der Waals surface area contributed by atoms with Gasteiger partial charge >= 0.3 is 0 Å². The predicted octanol–water partition coefficient (Wildman–Crippen LogP) is 5.56. The van der Waals surface area contributed by atoms with E-state index in [1.807, 2.05) is 0 Å². The fraction of sp³-hybridized carbons (Fsp3) is 0.455. The van der Waals surface area contributed by atoms with Gasteiger partial charge in [0.1, 0.15) is 11.3 Å². The van der Waals surface area contributed by atoms with Crippen molar-refractivity contribution >= 4 is 16.9 Å². The van der Waals surface area contributed by atoms with E-state index < -0.39 is 0 Å². The largest absolute Gasteiger partial charge is 0.380 e. The van der Waals surface area contributed by atoms with Gasteiger partial charge in [-0.15, -0.1) is 0 Å². The molecule has 2 aromatic heterocycles. The number of benzene rings is 1. The molecule has 2 heterocycles. The summed E-state index contributed by atoms with van der Waals surface area (Å²) in [6.45, 7) is 15.0. The van der Waals surface area contributed by atoms with Crippen molar-refractivity contribution in [1.82, 2.24) is 14.5 Å². The van der Waals surface area contributed by atoms with Crippen LogP contribution in [0, 0.1) is 34.6 Å². The molecular formula is C22H30N4. The number of aryl methyl sites for hydroxylation is 5. The van der Waals surface area contributed by atoms with Crippen LogP contribution in [0.3, 0.4) is 0 Å². The van der Waals surface area contributed by atoms with Gasteiger partial charge in [-0.2, -0.15) is 0 Å². The molecule has 0 amide bonds. The number of imidazole rings is 1. The Kier molecular flexibility index (Phi) is 5.03. The molecule has 0 aliphatic carbocycles. The first kappa shape index (κ1) is 18.4. The average molecular weight is 351 g/mol. The minimum Gasteiger partial charge on any atom is -0.380 e. The summed E-state index contributed by atoms with van der Waals surface area (Å²) in [5.74, 6) is 0.973. The predicted molar refractivity (Wildman–Crippen MR) is 111 cm³/mol. The molecule has 0 fully saturated rings. The molecule has 138 valence electrons. The van der Waals surface area contributed by atoms with Gasteiger partial charge in [0.05, 0.1) is 11.4 Å². The van der Waals surface area contributed by atoms with Crippen LogP contribution < -0.4 is 5.32 Å². The molecule has 1 N–H and O–H groups in total. The lowest BCUT2D eigenvalue weighted by Crippen LogP contribution is -2.17. The summed E-state index contributed by atoms with van der Waals surface area (Å²) in [6.07, 6.45) is 2.18. The highest BCUT2D eigenvalue weighted by Gasteiger charge is 2.18. The highest BCUT2D eigenvalue weighted by Crippen LogP contribution is 2.30. The second kappa shape index (κ2) is 7.10. The van der Waals surface area contributed by atoms with Gasteiger partial charge in [0.15, 0.2) is 5.65 Å². The molecule has 4 heteroatoms. The number of nitrogens with one attached hydrogen (secondary N) is 1. The Hall–Kier alpha value is -2.36. The Morgan fingerprint density at radius 3 is 2.12 bits per heavy atom. The number of hydrogen-bond acceptors (Lipinski definition) is 3. The number of rotatable bonds is 5. The monoisotopic (exact) mass is 350 g/mol. The van der Waals surface area contributed by atoms with E-state index in [0.717, 1.165) is 41.2 Å². The molecule has 1 aromatic carbocycles. The summed E-state index contributed by atoms with van der Waals surface area (Å²) >= 11 is 0. The van der Waals surface area contributed by atoms with Crippen LogP contribution in [0.2, 0.25) is 0 Å². The summed E-state index contributed by atoms with van der Waals surface area (Å²) in [4.78, 5) is 9.75. The highest BCUT2D eigenvalue weighted by atomic mass is 15.1. The number of fused-ring (bicyclic) bond motifs is 1. The Morgan fingerprint density at radius 2 is 1.54 bits per heavy atom. The van der Waals surface area contributed by atoms with Crippen LogP contribution in [-0.4, -0.2) is 20.6 Å². The van der Waals surface area contributed by atoms with Crippen LogP contribution in [0.25, 0.3) is 16.9 Å². The SMILES string of the molecule is CCC(CC)Nc1cc(C)nc2c1nc(C)n2-c1c(C)cc(C)cc1C. The van der Waals surface area contributed by atoms with E-state index in [2.05, 4.69) is 76.5 Å². The zero-order chi connectivity index (χ0) is 19.0. The maximum absolute atomic E-state index is 4.89. The number of aromatic nitrogens is 3. The number of hydrogen-bond donors (Lipinski definition) is 1. The van der Waals surface area contributed by atoms with Gasteiger partial charge in [0, 0.05) is 11.7 Å². The van der Waals surface area contributed by atoms with Crippen LogP contribution in [-0.2, 0) is 0 Å². The summed E-state index contributed by atoms with van der Waals surface area (Å²) < 4.78 is 2.21. The van der Waals surface area contributed by atoms with Gasteiger partial charge in [-0.3, -0.25) is 4.57 Å². The van der Waals surface area contributed by atoms with Crippen molar-refractivity contribution in [2.45, 2.75) is 67.3 Å². The van der Waals surface area contributed by atoms with Crippen molar-refractivity contribution in [3.8, 4) is 5.69 Å². The summed E-state index contributed by atoms with van der Waals surface area (Å²) in [5, 5.41) is 3.68. The van der Waals surface area contributed by atoms with Gasteiger partial charge in [0.25, 0.3) is 0 Å². The molecule has 3 aromatic rings. The maximum Gasteiger partial charge on any atom is 0.167 e. The van der Waals surface area contributed by atoms with Gasteiger partial charge < -0.3 is 5.32 Å². The molecule has 0 spiro atoms. The quantitative estimate of drug-likeness (QED) is 0.655. The van der Waals surface area contributed by atoms with Gasteiger partial charge in [-0.05, 0) is 64.7 Å². The molecule has 0 aliphatic heterocycles. The lowest BCUT2D eigenvalue weighted by molar-refractivity contribution is 0.672. The molecule has 4 nitrogen and oxygen atoms in total. The third-order valence-electron chi connectivity index (χ3n) is 5.12. The normalized spacial score (nSPS) is 11.5. The lowest BCUT2D eigenvalue weighted by atomic mass is 10.0. The van der Waals surface area contributed by atoms with Crippen LogP contribution in [0.4, 0.5) is 5.69 Å². The summed E-state index contributed by atoms with van der Waals surface area (Å²) in [6, 6.07) is 7.03. The first-order valence-electron chi connectivity index (χ1n) is 9.57. The van der Waals surface area contributed by atoms with Gasteiger partial charge in [-0.1, -0.05) is 31.5 Å². The molecule has 0 unspecified atom stereocenters. The molecule has 0 saturated heterocycles. The Labute approximate surface area is 156 Å². The first-order valence-corrected chi connectivity index (χ1v) is 9.57. The van der Waals surface area contributed by atoms with Crippen LogP contribution in [0.1, 0.15) is 54.9 Å². The number of pyridine rings is 1. The summed E-state index contributed by atoms with van der Waals surface area (Å²) in [5.41, 5.74) is 8.98. The molecule has 3 rings (SSSR count). The third-order valence-corrected chi connectivity index (χ3v) is 5.12. The standard InChI is InChI=1S/C22H30N4/c1-8-18(9-2)25-19-12-16(6)23-22-20(19)24-17(7)26(22)21-14(4)10-13(3)11-15(21)5/h10-12,18H,8-9H2,1-7H3,(H,23,25). The van der Waals surface area contributed by atoms with E-state index in [0.29, 0.717) is 6.04 Å². The van der Waals surface area contributed by atoms with E-state index in [-0.39, 0.29) is 0 Å². The van der Waals surface area contributed by atoms with Crippen molar-refractivity contribution in [3.63, 3.8) is 0 Å². The second-order valence-corrected chi connectivity index (χ2v) is 7.38. The van der Waals surface area contributed by atoms with E-state index in [1.165, 1.54) is 22.4 Å². The molecule has 26 heavy (non-hydrogen) atoms. The number of nitrogens with zero attached hydrogens (tertiary/aromatic N) is 3. The van der Waals surface area contributed by atoms with Gasteiger partial charge in [0.2, 0.25) is 0 Å². The third kappa shape index (κ3) is 3.20. The molecule has 0 aliphatic rings. The first-order chi connectivity index (χ1) is 12.3. The molecule has 0 saturated carbocycles. The van der Waals surface area contributed by atoms with Crippen molar-refractivity contribution in [1.29, 1.82) is 0 Å². The summed E-state index contributed by atoms with van der Waals surface area (Å²) in [7, 11) is 0. The zero-order valence-corrected chi connectivity index (χ0v) is 17.1. The van der Waals surface area contributed by atoms with Crippen molar-refractivity contribution in [2.24, 2.45) is 0 Å². The Bertz CT molecular complexity index is 925. The van der Waals surface area contributed by atoms with Crippen LogP contribution in [0.5, 0.6) is 0 Å². The number of anilines is 1. The Morgan fingerprint density at radius 1 is 0.923 bits per heavy atom. The van der Waals surface area contributed by atoms with Gasteiger partial charge in [-0.25, -0.2) is 9.97 Å². The minimum absolute atomic E-state index is 0.452. The topological polar surface area (TPSA) is 42.7 Å². The van der Waals surface area contributed by atoms with Crippen molar-refractivity contribution in [2.75, 3.05) is 5.32 Å². The van der Waals surface area contributed by atoms with E-state index in [4.69, 9.17) is 9.97 Å². The highest BCUT2D eigenvalue weighted by molar-refractivity contribution is 5.88. The van der Waals surface area contributed by atoms with E-state index in [1.54, 1.807) is 0 Å². The second-order valence-electron chi connectivity index (χ2n) is 7.38. The maximum atomic E-state index is 4.89. The minimum atomic E-state index is 0.452. The Balaban J connectivity index is 2.26. The fourth-order valence-electron chi connectivity index (χ4n) is 3.90. The van der Waals surface area contributed by atoms with E-state index >= 15 is 0 Å². The van der Waals surface area contributed by atoms with Crippen LogP contribution >= 0.6 is 0 Å². The smallest absolute Gasteiger partial charge is 0.167 e. The van der Waals surface area contributed by atoms with E-state index in [9.17, 15) is 0 Å². The average Bonchev–Trinajstić information content (AvgIpc) is 2.88. The van der Waals surface area contributed by atoms with Crippen molar-refractivity contribution in [3.05, 3.63) is 46.4 Å². The molecule has 0 atom stereocenters. The van der Waals surface area contributed by atoms with Crippen LogP contribution in [0.15, 0.2) is 18.2 Å². The fourth-order valence-corrected chi connectivity index (χ4v) is 3.90. The lowest BCUT2D eigenvalue weighted by Gasteiger charge is -2.17.